The Labute approximate surface area is 136 Å². The number of carbonyl (C=O) groups is 1. The highest BCUT2D eigenvalue weighted by Crippen LogP contribution is 2.25. The summed E-state index contributed by atoms with van der Waals surface area (Å²) in [6.45, 7) is 2.57. The number of aromatic nitrogens is 3. The molecule has 2 aromatic rings. The SMILES string of the molecule is CCOc1ccc(-n2cc(/C=C3/SC(=S)NC3=O)nn2)cc1. The molecule has 0 aliphatic carbocycles. The quantitative estimate of drug-likeness (QED) is 0.683. The van der Waals surface area contributed by atoms with Gasteiger partial charge in [0.1, 0.15) is 15.8 Å². The molecule has 0 unspecified atom stereocenters. The van der Waals surface area contributed by atoms with Gasteiger partial charge >= 0.3 is 0 Å². The van der Waals surface area contributed by atoms with Gasteiger partial charge in [-0.15, -0.1) is 5.10 Å². The van der Waals surface area contributed by atoms with Crippen LogP contribution in [0.1, 0.15) is 12.6 Å². The van der Waals surface area contributed by atoms with Gasteiger partial charge in [-0.1, -0.05) is 29.2 Å². The summed E-state index contributed by atoms with van der Waals surface area (Å²) in [6.07, 6.45) is 3.41. The maximum Gasteiger partial charge on any atom is 0.263 e. The summed E-state index contributed by atoms with van der Waals surface area (Å²) < 4.78 is 7.49. The summed E-state index contributed by atoms with van der Waals surface area (Å²) in [5, 5.41) is 10.7. The molecule has 1 N–H and O–H groups in total. The van der Waals surface area contributed by atoms with Crippen LogP contribution in [0.5, 0.6) is 5.75 Å². The molecule has 0 radical (unpaired) electrons. The number of benzene rings is 1. The van der Waals surface area contributed by atoms with Gasteiger partial charge in [-0.3, -0.25) is 4.79 Å². The van der Waals surface area contributed by atoms with E-state index in [4.69, 9.17) is 17.0 Å². The highest BCUT2D eigenvalue weighted by Gasteiger charge is 2.22. The lowest BCUT2D eigenvalue weighted by molar-refractivity contribution is -0.115. The van der Waals surface area contributed by atoms with E-state index in [1.54, 1.807) is 17.0 Å². The monoisotopic (exact) mass is 332 g/mol. The predicted molar refractivity (Wildman–Crippen MR) is 88.8 cm³/mol. The summed E-state index contributed by atoms with van der Waals surface area (Å²) >= 11 is 6.16. The lowest BCUT2D eigenvalue weighted by Crippen LogP contribution is -2.17. The van der Waals surface area contributed by atoms with Gasteiger partial charge in [-0.25, -0.2) is 4.68 Å². The van der Waals surface area contributed by atoms with E-state index in [9.17, 15) is 4.79 Å². The number of carbonyl (C=O) groups excluding carboxylic acids is 1. The average molecular weight is 332 g/mol. The molecule has 1 aliphatic rings. The summed E-state index contributed by atoms with van der Waals surface area (Å²) in [5.74, 6) is 0.604. The molecular weight excluding hydrogens is 320 g/mol. The van der Waals surface area contributed by atoms with Crippen molar-refractivity contribution in [2.75, 3.05) is 6.61 Å². The van der Waals surface area contributed by atoms with Crippen LogP contribution in [0.15, 0.2) is 35.4 Å². The van der Waals surface area contributed by atoms with Crippen molar-refractivity contribution < 1.29 is 9.53 Å². The standard InChI is InChI=1S/C14H12N4O2S2/c1-2-20-11-5-3-10(4-6-11)18-8-9(16-17-18)7-12-13(19)15-14(21)22-12/h3-8H,2H2,1H3,(H,15,19,21)/b12-7+. The third-order valence-corrected chi connectivity index (χ3v) is 4.01. The highest BCUT2D eigenvalue weighted by atomic mass is 32.2. The van der Waals surface area contributed by atoms with E-state index in [1.165, 1.54) is 11.8 Å². The summed E-state index contributed by atoms with van der Waals surface area (Å²) in [5.41, 5.74) is 1.45. The van der Waals surface area contributed by atoms with Crippen molar-refractivity contribution in [2.24, 2.45) is 0 Å². The molecule has 1 saturated heterocycles. The van der Waals surface area contributed by atoms with E-state index in [0.717, 1.165) is 11.4 Å². The van der Waals surface area contributed by atoms with Crippen molar-refractivity contribution in [3.8, 4) is 11.4 Å². The molecule has 22 heavy (non-hydrogen) atoms. The number of ether oxygens (including phenoxy) is 1. The minimum Gasteiger partial charge on any atom is -0.494 e. The largest absolute Gasteiger partial charge is 0.494 e. The van der Waals surface area contributed by atoms with Gasteiger partial charge in [0, 0.05) is 0 Å². The predicted octanol–water partition coefficient (Wildman–Crippen LogP) is 2.15. The summed E-state index contributed by atoms with van der Waals surface area (Å²) in [7, 11) is 0. The van der Waals surface area contributed by atoms with E-state index in [-0.39, 0.29) is 5.91 Å². The second kappa shape index (κ2) is 6.29. The van der Waals surface area contributed by atoms with Gasteiger partial charge in [-0.2, -0.15) is 0 Å². The van der Waals surface area contributed by atoms with E-state index in [0.29, 0.717) is 21.5 Å². The fraction of sp³-hybridized carbons (Fsp3) is 0.143. The van der Waals surface area contributed by atoms with Crippen LogP contribution in [0.3, 0.4) is 0 Å². The van der Waals surface area contributed by atoms with Crippen LogP contribution in [-0.4, -0.2) is 31.8 Å². The summed E-state index contributed by atoms with van der Waals surface area (Å²) in [4.78, 5) is 12.1. The van der Waals surface area contributed by atoms with Crippen molar-refractivity contribution in [3.63, 3.8) is 0 Å². The Kier molecular flexibility index (Phi) is 4.21. The summed E-state index contributed by atoms with van der Waals surface area (Å²) in [6, 6.07) is 7.53. The topological polar surface area (TPSA) is 69.0 Å². The molecule has 2 heterocycles. The maximum absolute atomic E-state index is 11.6. The van der Waals surface area contributed by atoms with Crippen molar-refractivity contribution in [2.45, 2.75) is 6.92 Å². The van der Waals surface area contributed by atoms with Crippen molar-refractivity contribution in [3.05, 3.63) is 41.1 Å². The Hall–Kier alpha value is -2.19. The van der Waals surface area contributed by atoms with Crippen LogP contribution in [0.2, 0.25) is 0 Å². The Bertz CT molecular complexity index is 752. The second-order valence-corrected chi connectivity index (χ2v) is 6.09. The lowest BCUT2D eigenvalue weighted by atomic mass is 10.3. The molecule has 0 bridgehead atoms. The Balaban J connectivity index is 1.80. The molecular formula is C14H12N4O2S2. The Morgan fingerprint density at radius 1 is 1.41 bits per heavy atom. The number of nitrogens with one attached hydrogen (secondary N) is 1. The minimum atomic E-state index is -0.203. The number of hydrogen-bond acceptors (Lipinski definition) is 6. The molecule has 1 amide bonds. The smallest absolute Gasteiger partial charge is 0.263 e. The minimum absolute atomic E-state index is 0.203. The molecule has 6 nitrogen and oxygen atoms in total. The molecule has 8 heteroatoms. The lowest BCUT2D eigenvalue weighted by Gasteiger charge is -2.04. The van der Waals surface area contributed by atoms with Crippen molar-refractivity contribution >= 4 is 40.3 Å². The third kappa shape index (κ3) is 3.18. The zero-order valence-corrected chi connectivity index (χ0v) is 13.3. The normalized spacial score (nSPS) is 16.1. The van der Waals surface area contributed by atoms with Crippen LogP contribution in [0.4, 0.5) is 0 Å². The molecule has 0 spiro atoms. The number of thiocarbonyl (C=S) groups is 1. The van der Waals surface area contributed by atoms with Crippen LogP contribution in [0.25, 0.3) is 11.8 Å². The Morgan fingerprint density at radius 3 is 2.82 bits per heavy atom. The molecule has 0 atom stereocenters. The number of rotatable bonds is 4. The van der Waals surface area contributed by atoms with Gasteiger partial charge in [0.05, 0.1) is 23.4 Å². The molecule has 1 fully saturated rings. The fourth-order valence-electron chi connectivity index (χ4n) is 1.89. The Morgan fingerprint density at radius 2 is 2.18 bits per heavy atom. The van der Waals surface area contributed by atoms with Crippen molar-refractivity contribution in [1.29, 1.82) is 0 Å². The van der Waals surface area contributed by atoms with E-state index >= 15 is 0 Å². The molecule has 112 valence electrons. The molecule has 3 rings (SSSR count). The number of nitrogens with zero attached hydrogens (tertiary/aromatic N) is 3. The van der Waals surface area contributed by atoms with Crippen LogP contribution < -0.4 is 10.1 Å². The second-order valence-electron chi connectivity index (χ2n) is 4.37. The molecule has 1 aromatic carbocycles. The zero-order chi connectivity index (χ0) is 15.5. The third-order valence-electron chi connectivity index (χ3n) is 2.84. The van der Waals surface area contributed by atoms with Crippen LogP contribution in [-0.2, 0) is 4.79 Å². The average Bonchev–Trinajstić information content (AvgIpc) is 3.08. The van der Waals surface area contributed by atoms with Crippen molar-refractivity contribution in [1.82, 2.24) is 20.3 Å². The molecule has 0 saturated carbocycles. The highest BCUT2D eigenvalue weighted by molar-refractivity contribution is 8.26. The number of thioether (sulfide) groups is 1. The van der Waals surface area contributed by atoms with Gasteiger partial charge in [0.15, 0.2) is 0 Å². The van der Waals surface area contributed by atoms with E-state index in [2.05, 4.69) is 15.6 Å². The first-order valence-electron chi connectivity index (χ1n) is 6.56. The first kappa shape index (κ1) is 14.7. The fourth-order valence-corrected chi connectivity index (χ4v) is 2.92. The first-order chi connectivity index (χ1) is 10.7. The van der Waals surface area contributed by atoms with Gasteiger partial charge in [-0.05, 0) is 37.3 Å². The maximum atomic E-state index is 11.6. The van der Waals surface area contributed by atoms with Gasteiger partial charge in [0.2, 0.25) is 0 Å². The first-order valence-corrected chi connectivity index (χ1v) is 7.78. The molecule has 1 aliphatic heterocycles. The van der Waals surface area contributed by atoms with Crippen LogP contribution in [0, 0.1) is 0 Å². The zero-order valence-electron chi connectivity index (χ0n) is 11.6. The molecule has 1 aromatic heterocycles. The van der Waals surface area contributed by atoms with E-state index < -0.39 is 0 Å². The van der Waals surface area contributed by atoms with Crippen LogP contribution >= 0.6 is 24.0 Å². The van der Waals surface area contributed by atoms with Gasteiger partial charge in [0.25, 0.3) is 5.91 Å². The number of amides is 1. The number of hydrogen-bond donors (Lipinski definition) is 1. The van der Waals surface area contributed by atoms with E-state index in [1.807, 2.05) is 31.2 Å². The van der Waals surface area contributed by atoms with Gasteiger partial charge < -0.3 is 10.1 Å².